The van der Waals surface area contributed by atoms with Crippen LogP contribution in [0.2, 0.25) is 0 Å². The van der Waals surface area contributed by atoms with Crippen LogP contribution in [0.1, 0.15) is 0 Å². The molecule has 0 aromatic carbocycles. The van der Waals surface area contributed by atoms with E-state index >= 15 is 0 Å². The molecule has 37 valence electrons. The second-order valence-electron chi connectivity index (χ2n) is 1.17. The van der Waals surface area contributed by atoms with E-state index in [1.165, 1.54) is 0 Å². The van der Waals surface area contributed by atoms with E-state index < -0.39 is 0 Å². The third-order valence-electron chi connectivity index (χ3n) is 0.701. The second kappa shape index (κ2) is 1.73. The molecule has 0 spiro atoms. The van der Waals surface area contributed by atoms with Crippen molar-refractivity contribution in [1.29, 1.82) is 0 Å². The fourth-order valence-corrected chi connectivity index (χ4v) is 0.352. The highest BCUT2D eigenvalue weighted by atomic mass is 15.4. The minimum absolute atomic E-state index is 0.653. The number of rotatable bonds is 1. The van der Waals surface area contributed by atoms with Crippen LogP contribution in [0.4, 0.5) is 0 Å². The normalized spacial score (nSPS) is 9.29. The van der Waals surface area contributed by atoms with Crippen molar-refractivity contribution in [3.63, 3.8) is 0 Å². The monoisotopic (exact) mass is 96.1 g/mol. The van der Waals surface area contributed by atoms with Crippen molar-refractivity contribution < 1.29 is 0 Å². The number of nitrogens with zero attached hydrogens (tertiary/aromatic N) is 3. The van der Waals surface area contributed by atoms with E-state index in [-0.39, 0.29) is 0 Å². The van der Waals surface area contributed by atoms with Gasteiger partial charge in [-0.2, -0.15) is 0 Å². The zero-order valence-electron chi connectivity index (χ0n) is 3.91. The van der Waals surface area contributed by atoms with Crippen LogP contribution in [-0.4, -0.2) is 15.0 Å². The Balaban J connectivity index is 2.76. The summed E-state index contributed by atoms with van der Waals surface area (Å²) in [7, 11) is 0. The molecule has 3 nitrogen and oxygen atoms in total. The third-order valence-corrected chi connectivity index (χ3v) is 0.701. The van der Waals surface area contributed by atoms with Gasteiger partial charge in [0.15, 0.2) is 0 Å². The highest BCUT2D eigenvalue weighted by molar-refractivity contribution is 4.63. The van der Waals surface area contributed by atoms with Crippen molar-refractivity contribution in [2.75, 3.05) is 0 Å². The Kier molecular flexibility index (Phi) is 1.06. The van der Waals surface area contributed by atoms with Crippen molar-refractivity contribution in [2.45, 2.75) is 6.54 Å². The smallest absolute Gasteiger partial charge is 0.0692 e. The molecule has 0 unspecified atom stereocenters. The maximum Gasteiger partial charge on any atom is 0.0692 e. The molecule has 0 saturated heterocycles. The molecule has 1 radical (unpaired) electrons. The summed E-state index contributed by atoms with van der Waals surface area (Å²) < 4.78 is 1.65. The average molecular weight is 96.1 g/mol. The van der Waals surface area contributed by atoms with Crippen LogP contribution >= 0.6 is 0 Å². The van der Waals surface area contributed by atoms with Gasteiger partial charge in [0.2, 0.25) is 0 Å². The van der Waals surface area contributed by atoms with Crippen molar-refractivity contribution in [3.8, 4) is 0 Å². The van der Waals surface area contributed by atoms with Crippen LogP contribution in [0.3, 0.4) is 0 Å². The average Bonchev–Trinajstić information content (AvgIpc) is 2.14. The molecular formula is C4H6N3. The zero-order chi connectivity index (χ0) is 5.11. The van der Waals surface area contributed by atoms with Crippen molar-refractivity contribution >= 4 is 0 Å². The number of hydrogen-bond acceptors (Lipinski definition) is 2. The summed E-state index contributed by atoms with van der Waals surface area (Å²) in [6.45, 7) is 4.24. The van der Waals surface area contributed by atoms with Gasteiger partial charge in [-0.3, -0.25) is 4.68 Å². The van der Waals surface area contributed by atoms with E-state index in [9.17, 15) is 0 Å². The SMILES string of the molecule is [CH2]Cn1ccnn1. The molecule has 0 atom stereocenters. The largest absolute Gasteiger partial charge is 0.253 e. The first-order chi connectivity index (χ1) is 3.43. The zero-order valence-corrected chi connectivity index (χ0v) is 3.91. The Morgan fingerprint density at radius 3 is 2.86 bits per heavy atom. The summed E-state index contributed by atoms with van der Waals surface area (Å²) in [4.78, 5) is 0. The lowest BCUT2D eigenvalue weighted by molar-refractivity contribution is 0.659. The van der Waals surface area contributed by atoms with Gasteiger partial charge >= 0.3 is 0 Å². The maximum absolute atomic E-state index is 3.64. The van der Waals surface area contributed by atoms with Crippen molar-refractivity contribution in [1.82, 2.24) is 15.0 Å². The molecular weight excluding hydrogens is 90.1 g/mol. The molecule has 0 saturated carbocycles. The Morgan fingerprint density at radius 1 is 1.71 bits per heavy atom. The highest BCUT2D eigenvalue weighted by Gasteiger charge is 1.79. The van der Waals surface area contributed by atoms with Crippen molar-refractivity contribution in [3.05, 3.63) is 19.3 Å². The van der Waals surface area contributed by atoms with E-state index in [0.717, 1.165) is 0 Å². The van der Waals surface area contributed by atoms with Gasteiger partial charge in [0, 0.05) is 12.7 Å². The molecule has 1 rings (SSSR count). The molecule has 1 aromatic rings. The van der Waals surface area contributed by atoms with Crippen LogP contribution < -0.4 is 0 Å². The summed E-state index contributed by atoms with van der Waals surface area (Å²) in [5.74, 6) is 0. The van der Waals surface area contributed by atoms with Gasteiger partial charge in [0.1, 0.15) is 0 Å². The third kappa shape index (κ3) is 0.765. The first-order valence-corrected chi connectivity index (χ1v) is 2.07. The number of aromatic nitrogens is 3. The minimum atomic E-state index is 0.653. The Bertz CT molecular complexity index is 121. The molecule has 3 heteroatoms. The lowest BCUT2D eigenvalue weighted by atomic mass is 10.7. The van der Waals surface area contributed by atoms with Gasteiger partial charge in [0.25, 0.3) is 0 Å². The molecule has 1 heterocycles. The molecule has 0 aliphatic heterocycles. The standard InChI is InChI=1S/C4H6N3/c1-2-7-4-3-5-6-7/h3-4H,1-2H2. The van der Waals surface area contributed by atoms with E-state index in [1.54, 1.807) is 17.1 Å². The maximum atomic E-state index is 3.64. The van der Waals surface area contributed by atoms with Gasteiger partial charge < -0.3 is 0 Å². The second-order valence-corrected chi connectivity index (χ2v) is 1.17. The van der Waals surface area contributed by atoms with Crippen LogP contribution in [0, 0.1) is 6.92 Å². The molecule has 0 amide bonds. The Labute approximate surface area is 42.0 Å². The summed E-state index contributed by atoms with van der Waals surface area (Å²) in [6.07, 6.45) is 3.40. The molecule has 0 bridgehead atoms. The molecule has 0 aliphatic carbocycles. The van der Waals surface area contributed by atoms with Crippen LogP contribution in [0.5, 0.6) is 0 Å². The van der Waals surface area contributed by atoms with E-state index in [4.69, 9.17) is 0 Å². The quantitative estimate of drug-likeness (QED) is 0.497. The van der Waals surface area contributed by atoms with Gasteiger partial charge in [-0.05, 0) is 6.92 Å². The fourth-order valence-electron chi connectivity index (χ4n) is 0.352. The minimum Gasteiger partial charge on any atom is -0.253 e. The first kappa shape index (κ1) is 4.30. The molecule has 7 heavy (non-hydrogen) atoms. The van der Waals surface area contributed by atoms with Crippen LogP contribution in [0.15, 0.2) is 12.4 Å². The molecule has 1 aromatic heterocycles. The number of hydrogen-bond donors (Lipinski definition) is 0. The lowest BCUT2D eigenvalue weighted by Gasteiger charge is -1.85. The van der Waals surface area contributed by atoms with Gasteiger partial charge in [-0.25, -0.2) is 0 Å². The predicted octanol–water partition coefficient (Wildman–Crippen LogP) is 0.112. The first-order valence-electron chi connectivity index (χ1n) is 2.07. The van der Waals surface area contributed by atoms with E-state index in [2.05, 4.69) is 17.2 Å². The lowest BCUT2D eigenvalue weighted by Crippen LogP contribution is -1.93. The predicted molar refractivity (Wildman–Crippen MR) is 25.4 cm³/mol. The summed E-state index contributed by atoms with van der Waals surface area (Å²) in [5, 5.41) is 7.20. The van der Waals surface area contributed by atoms with Gasteiger partial charge in [-0.1, -0.05) is 5.21 Å². The van der Waals surface area contributed by atoms with Crippen molar-refractivity contribution in [2.24, 2.45) is 0 Å². The van der Waals surface area contributed by atoms with E-state index in [1.807, 2.05) is 0 Å². The molecule has 0 fully saturated rings. The Morgan fingerprint density at radius 2 is 2.57 bits per heavy atom. The topological polar surface area (TPSA) is 30.7 Å². The van der Waals surface area contributed by atoms with Gasteiger partial charge in [0.05, 0.1) is 6.20 Å². The van der Waals surface area contributed by atoms with Crippen LogP contribution in [0.25, 0.3) is 0 Å². The van der Waals surface area contributed by atoms with Crippen LogP contribution in [-0.2, 0) is 6.54 Å². The highest BCUT2D eigenvalue weighted by Crippen LogP contribution is 1.74. The summed E-state index contributed by atoms with van der Waals surface area (Å²) in [5.41, 5.74) is 0. The Hall–Kier alpha value is -0.860. The molecule has 0 aliphatic rings. The molecule has 0 N–H and O–H groups in total. The summed E-state index contributed by atoms with van der Waals surface area (Å²) in [6, 6.07) is 0. The fraction of sp³-hybridized carbons (Fsp3) is 0.250. The van der Waals surface area contributed by atoms with E-state index in [0.29, 0.717) is 6.54 Å². The van der Waals surface area contributed by atoms with Gasteiger partial charge in [-0.15, -0.1) is 5.10 Å². The summed E-state index contributed by atoms with van der Waals surface area (Å²) >= 11 is 0.